The van der Waals surface area contributed by atoms with Crippen molar-refractivity contribution in [3.63, 3.8) is 0 Å². The summed E-state index contributed by atoms with van der Waals surface area (Å²) in [5, 5.41) is 0. The minimum absolute atomic E-state index is 0.913. The molecule has 0 radical (unpaired) electrons. The first kappa shape index (κ1) is 9.84. The smallest absolute Gasteiger partial charge is 0.153 e. The van der Waals surface area contributed by atoms with Gasteiger partial charge in [0.05, 0.1) is 6.20 Å². The molecule has 86 valence electrons. The van der Waals surface area contributed by atoms with Gasteiger partial charge in [-0.15, -0.1) is 6.07 Å². The highest BCUT2D eigenvalue weighted by molar-refractivity contribution is 5.86. The van der Waals surface area contributed by atoms with Crippen LogP contribution in [0, 0.1) is 0 Å². The third kappa shape index (κ3) is 1.19. The van der Waals surface area contributed by atoms with Crippen LogP contribution in [0.15, 0.2) is 49.2 Å². The van der Waals surface area contributed by atoms with E-state index in [1.165, 1.54) is 33.4 Å². The molecule has 0 atom stereocenters. The lowest BCUT2D eigenvalue weighted by molar-refractivity contribution is -0.463. The summed E-state index contributed by atoms with van der Waals surface area (Å²) in [6, 6.07) is 13.1. The van der Waals surface area contributed by atoms with Crippen LogP contribution in [0.2, 0.25) is 0 Å². The van der Waals surface area contributed by atoms with E-state index in [2.05, 4.69) is 49.2 Å². The highest BCUT2D eigenvalue weighted by Crippen LogP contribution is 2.40. The number of hydrogen-bond donors (Lipinski definition) is 0. The van der Waals surface area contributed by atoms with E-state index >= 15 is 0 Å². The van der Waals surface area contributed by atoms with Crippen LogP contribution in [0.1, 0.15) is 22.3 Å². The normalized spacial score (nSPS) is 14.8. The number of fused-ring (bicyclic) bond motifs is 5. The average Bonchev–Trinajstić information content (AvgIpc) is 2.98. The Hall–Kier alpha value is -2.15. The van der Waals surface area contributed by atoms with Crippen molar-refractivity contribution >= 4 is 6.21 Å². The standard InChI is InChI=1S/C17H13N/c1-2-18-10-13-7-8-15-14-6-4-3-5-12(14)9-16(15)17(13)11-18/h2-8H,1,9,11H2. The number of benzene rings is 2. The van der Waals surface area contributed by atoms with E-state index in [0.29, 0.717) is 0 Å². The molecule has 1 aliphatic carbocycles. The zero-order valence-corrected chi connectivity index (χ0v) is 10.1. The molecule has 1 heterocycles. The molecular formula is C17H13N. The first-order chi connectivity index (χ1) is 8.86. The Morgan fingerprint density at radius 2 is 1.94 bits per heavy atom. The molecule has 0 saturated carbocycles. The summed E-state index contributed by atoms with van der Waals surface area (Å²) >= 11 is 0. The van der Waals surface area contributed by atoms with Crippen molar-refractivity contribution in [2.45, 2.75) is 13.0 Å². The Balaban J connectivity index is 1.92. The van der Waals surface area contributed by atoms with Crippen LogP contribution < -0.4 is 0 Å². The molecule has 0 amide bonds. The summed E-state index contributed by atoms with van der Waals surface area (Å²) < 4.78 is 2.04. The van der Waals surface area contributed by atoms with Crippen LogP contribution in [0.4, 0.5) is 0 Å². The van der Waals surface area contributed by atoms with Crippen molar-refractivity contribution in [1.29, 1.82) is 0 Å². The van der Waals surface area contributed by atoms with Gasteiger partial charge in [0.25, 0.3) is 0 Å². The van der Waals surface area contributed by atoms with Gasteiger partial charge in [-0.1, -0.05) is 48.0 Å². The summed E-state index contributed by atoms with van der Waals surface area (Å²) in [5.74, 6) is 0. The van der Waals surface area contributed by atoms with Gasteiger partial charge in [0, 0.05) is 0 Å². The van der Waals surface area contributed by atoms with Gasteiger partial charge in [-0.3, -0.25) is 4.58 Å². The van der Waals surface area contributed by atoms with Crippen LogP contribution >= 0.6 is 0 Å². The molecule has 0 N–H and O–H groups in total. The zero-order valence-electron chi connectivity index (χ0n) is 10.1. The summed E-state index contributed by atoms with van der Waals surface area (Å²) in [6.45, 7) is 4.73. The second kappa shape index (κ2) is 3.42. The first-order valence-electron chi connectivity index (χ1n) is 6.25. The Morgan fingerprint density at radius 1 is 1.06 bits per heavy atom. The third-order valence-corrected chi connectivity index (χ3v) is 3.92. The van der Waals surface area contributed by atoms with E-state index < -0.39 is 0 Å². The van der Waals surface area contributed by atoms with Crippen molar-refractivity contribution in [3.05, 3.63) is 71.4 Å². The minimum atomic E-state index is 0.913. The van der Waals surface area contributed by atoms with Crippen molar-refractivity contribution in [2.24, 2.45) is 0 Å². The molecule has 1 aliphatic heterocycles. The maximum atomic E-state index is 3.82. The molecule has 2 aromatic rings. The van der Waals surface area contributed by atoms with Gasteiger partial charge in [0.15, 0.2) is 6.21 Å². The maximum absolute atomic E-state index is 3.82. The molecule has 4 rings (SSSR count). The zero-order chi connectivity index (χ0) is 12.1. The molecule has 2 aromatic carbocycles. The molecule has 0 unspecified atom stereocenters. The molecular weight excluding hydrogens is 218 g/mol. The van der Waals surface area contributed by atoms with E-state index in [-0.39, 0.29) is 0 Å². The van der Waals surface area contributed by atoms with Gasteiger partial charge in [-0.2, -0.15) is 0 Å². The topological polar surface area (TPSA) is 3.01 Å². The number of nitrogens with zero attached hydrogens (tertiary/aromatic N) is 1. The second-order valence-electron chi connectivity index (χ2n) is 4.87. The summed E-state index contributed by atoms with van der Waals surface area (Å²) in [4.78, 5) is 0. The molecule has 1 nitrogen and oxygen atoms in total. The SMILES string of the molecule is C=C[N+]1=[C-]c2ccc3c(c2C1)Cc1ccccc1-3. The van der Waals surface area contributed by atoms with Crippen LogP contribution in [-0.2, 0) is 13.0 Å². The molecule has 0 saturated heterocycles. The molecule has 18 heavy (non-hydrogen) atoms. The Kier molecular flexibility index (Phi) is 1.87. The van der Waals surface area contributed by atoms with Crippen LogP contribution in [0.25, 0.3) is 11.1 Å². The minimum Gasteiger partial charge on any atom is -0.285 e. The van der Waals surface area contributed by atoms with E-state index in [4.69, 9.17) is 0 Å². The lowest BCUT2D eigenvalue weighted by Crippen LogP contribution is -1.98. The predicted molar refractivity (Wildman–Crippen MR) is 73.0 cm³/mol. The van der Waals surface area contributed by atoms with Gasteiger partial charge < -0.3 is 0 Å². The molecule has 0 spiro atoms. The fourth-order valence-electron chi connectivity index (χ4n) is 3.04. The van der Waals surface area contributed by atoms with Crippen LogP contribution in [-0.4, -0.2) is 10.8 Å². The van der Waals surface area contributed by atoms with E-state index in [9.17, 15) is 0 Å². The van der Waals surface area contributed by atoms with Gasteiger partial charge in [-0.05, 0) is 28.7 Å². The van der Waals surface area contributed by atoms with Crippen molar-refractivity contribution in [1.82, 2.24) is 0 Å². The number of rotatable bonds is 1. The molecule has 1 heteroatoms. The van der Waals surface area contributed by atoms with Crippen molar-refractivity contribution in [3.8, 4) is 11.1 Å². The van der Waals surface area contributed by atoms with Gasteiger partial charge in [0.1, 0.15) is 6.54 Å². The predicted octanol–water partition coefficient (Wildman–Crippen LogP) is 3.22. The summed E-state index contributed by atoms with van der Waals surface area (Å²) in [6.07, 6.45) is 6.25. The monoisotopic (exact) mass is 231 g/mol. The molecule has 0 aromatic heterocycles. The summed E-state index contributed by atoms with van der Waals surface area (Å²) in [7, 11) is 0. The van der Waals surface area contributed by atoms with Crippen molar-refractivity contribution < 1.29 is 4.58 Å². The van der Waals surface area contributed by atoms with Crippen LogP contribution in [0.3, 0.4) is 0 Å². The van der Waals surface area contributed by atoms with Gasteiger partial charge in [0.2, 0.25) is 0 Å². The highest BCUT2D eigenvalue weighted by atomic mass is 15.0. The largest absolute Gasteiger partial charge is 0.285 e. The number of hydrogen-bond acceptors (Lipinski definition) is 0. The van der Waals surface area contributed by atoms with Gasteiger partial charge in [-0.25, -0.2) is 0 Å². The molecule has 2 aliphatic rings. The molecule has 0 fully saturated rings. The Labute approximate surface area is 107 Å². The lowest BCUT2D eigenvalue weighted by atomic mass is 9.98. The summed E-state index contributed by atoms with van der Waals surface area (Å²) in [5.41, 5.74) is 8.36. The maximum Gasteiger partial charge on any atom is 0.153 e. The average molecular weight is 231 g/mol. The third-order valence-electron chi connectivity index (χ3n) is 3.92. The Morgan fingerprint density at radius 3 is 2.83 bits per heavy atom. The fourth-order valence-corrected chi connectivity index (χ4v) is 3.04. The molecule has 0 bridgehead atoms. The lowest BCUT2D eigenvalue weighted by Gasteiger charge is -2.09. The van der Waals surface area contributed by atoms with E-state index in [1.54, 1.807) is 0 Å². The second-order valence-corrected chi connectivity index (χ2v) is 4.87. The van der Waals surface area contributed by atoms with Crippen LogP contribution in [0.5, 0.6) is 0 Å². The highest BCUT2D eigenvalue weighted by Gasteiger charge is 2.23. The first-order valence-corrected chi connectivity index (χ1v) is 6.25. The Bertz CT molecular complexity index is 708. The van der Waals surface area contributed by atoms with E-state index in [1.807, 2.05) is 10.8 Å². The van der Waals surface area contributed by atoms with Crippen molar-refractivity contribution in [2.75, 3.05) is 0 Å². The fraction of sp³-hybridized carbons (Fsp3) is 0.118. The van der Waals surface area contributed by atoms with E-state index in [0.717, 1.165) is 13.0 Å². The quantitative estimate of drug-likeness (QED) is 0.447. The van der Waals surface area contributed by atoms with Gasteiger partial charge >= 0.3 is 0 Å².